The van der Waals surface area contributed by atoms with Crippen LogP contribution < -0.4 is 9.64 Å². The number of aromatic nitrogens is 1. The van der Waals surface area contributed by atoms with Gasteiger partial charge in [-0.25, -0.2) is 9.37 Å². The maximum atomic E-state index is 12.8. The summed E-state index contributed by atoms with van der Waals surface area (Å²) in [5.74, 6) is 0.620. The molecule has 26 heavy (non-hydrogen) atoms. The topological polar surface area (TPSA) is 25.4 Å². The van der Waals surface area contributed by atoms with E-state index in [4.69, 9.17) is 9.72 Å². The Morgan fingerprint density at radius 2 is 1.73 bits per heavy atom. The lowest BCUT2D eigenvalue weighted by Gasteiger charge is -2.21. The molecule has 0 saturated heterocycles. The van der Waals surface area contributed by atoms with Crippen molar-refractivity contribution in [3.8, 4) is 17.0 Å². The van der Waals surface area contributed by atoms with Gasteiger partial charge in [0.25, 0.3) is 0 Å². The molecule has 0 aliphatic rings. The Morgan fingerprint density at radius 3 is 2.38 bits per heavy atom. The van der Waals surface area contributed by atoms with Crippen LogP contribution >= 0.6 is 0 Å². The van der Waals surface area contributed by atoms with Crippen LogP contribution in [0.2, 0.25) is 0 Å². The Balaban J connectivity index is 1.96. The molecule has 0 aliphatic heterocycles. The molecule has 0 bridgehead atoms. The van der Waals surface area contributed by atoms with Crippen molar-refractivity contribution in [1.29, 1.82) is 0 Å². The van der Waals surface area contributed by atoms with Crippen molar-refractivity contribution in [2.45, 2.75) is 26.9 Å². The van der Waals surface area contributed by atoms with E-state index < -0.39 is 12.8 Å². The Bertz CT molecular complexity index is 860. The number of rotatable bonds is 7. The predicted octanol–water partition coefficient (Wildman–Crippen LogP) is 5.48. The van der Waals surface area contributed by atoms with Crippen LogP contribution in [0, 0.1) is 0 Å². The minimum atomic E-state index is -0.525. The summed E-state index contributed by atoms with van der Waals surface area (Å²) in [4.78, 5) is 7.09. The fourth-order valence-electron chi connectivity index (χ4n) is 3.06. The van der Waals surface area contributed by atoms with Crippen LogP contribution in [-0.4, -0.2) is 30.9 Å². The van der Waals surface area contributed by atoms with Gasteiger partial charge in [-0.3, -0.25) is 0 Å². The monoisotopic (exact) mass is 352 g/mol. The van der Waals surface area contributed by atoms with Gasteiger partial charge in [0.2, 0.25) is 0 Å². The maximum absolute atomic E-state index is 12.8. The predicted molar refractivity (Wildman–Crippen MR) is 107 cm³/mol. The normalized spacial score (nSPS) is 12.2. The zero-order valence-corrected chi connectivity index (χ0v) is 15.6. The van der Waals surface area contributed by atoms with Gasteiger partial charge in [-0.1, -0.05) is 30.3 Å². The molecule has 3 rings (SSSR count). The Labute approximate surface area is 154 Å². The van der Waals surface area contributed by atoms with Crippen LogP contribution in [0.4, 0.5) is 10.1 Å². The number of hydrogen-bond acceptors (Lipinski definition) is 3. The van der Waals surface area contributed by atoms with Crippen LogP contribution in [-0.2, 0) is 0 Å². The van der Waals surface area contributed by atoms with Gasteiger partial charge in [-0.15, -0.1) is 0 Å². The number of benzene rings is 2. The highest BCUT2D eigenvalue weighted by Crippen LogP contribution is 2.29. The summed E-state index contributed by atoms with van der Waals surface area (Å²) in [6.07, 6.45) is -0.487. The minimum absolute atomic E-state index is 0.487. The van der Waals surface area contributed by atoms with E-state index in [1.165, 1.54) is 5.69 Å². The summed E-state index contributed by atoms with van der Waals surface area (Å²) in [7, 11) is 0. The van der Waals surface area contributed by atoms with E-state index in [0.717, 1.165) is 35.2 Å². The van der Waals surface area contributed by atoms with Crippen LogP contribution in [0.5, 0.6) is 5.75 Å². The van der Waals surface area contributed by atoms with E-state index in [0.29, 0.717) is 5.75 Å². The van der Waals surface area contributed by atoms with Crippen molar-refractivity contribution < 1.29 is 9.13 Å². The Kier molecular flexibility index (Phi) is 5.71. The average Bonchev–Trinajstić information content (AvgIpc) is 2.69. The molecule has 1 heterocycles. The maximum Gasteiger partial charge on any atom is 0.146 e. The number of alkyl halides is 1. The number of halogens is 1. The van der Waals surface area contributed by atoms with Gasteiger partial charge in [0.05, 0.1) is 5.69 Å². The molecule has 1 unspecified atom stereocenters. The summed E-state index contributed by atoms with van der Waals surface area (Å²) >= 11 is 0. The minimum Gasteiger partial charge on any atom is -0.486 e. The van der Waals surface area contributed by atoms with Crippen molar-refractivity contribution >= 4 is 16.6 Å². The molecular formula is C22H25FN2O. The fourth-order valence-corrected chi connectivity index (χ4v) is 3.06. The number of para-hydroxylation sites is 1. The van der Waals surface area contributed by atoms with Crippen molar-refractivity contribution in [1.82, 2.24) is 4.98 Å². The van der Waals surface area contributed by atoms with Crippen LogP contribution in [0.25, 0.3) is 22.2 Å². The summed E-state index contributed by atoms with van der Waals surface area (Å²) < 4.78 is 18.5. The van der Waals surface area contributed by atoms with Crippen molar-refractivity contribution in [3.05, 3.63) is 54.6 Å². The van der Waals surface area contributed by atoms with Crippen LogP contribution in [0.15, 0.2) is 54.6 Å². The van der Waals surface area contributed by atoms with Crippen molar-refractivity contribution in [3.63, 3.8) is 0 Å². The second-order valence-corrected chi connectivity index (χ2v) is 6.33. The molecule has 1 atom stereocenters. The molecule has 0 N–H and O–H groups in total. The molecule has 3 aromatic rings. The zero-order valence-electron chi connectivity index (χ0n) is 15.6. The quantitative estimate of drug-likeness (QED) is 0.562. The molecule has 136 valence electrons. The molecule has 0 aliphatic carbocycles. The third kappa shape index (κ3) is 3.79. The molecule has 2 aromatic carbocycles. The van der Waals surface area contributed by atoms with Gasteiger partial charge in [0.15, 0.2) is 0 Å². The fraction of sp³-hybridized carbons (Fsp3) is 0.318. The third-order valence-electron chi connectivity index (χ3n) is 4.52. The molecule has 0 radical (unpaired) electrons. The highest BCUT2D eigenvalue weighted by Gasteiger charge is 2.10. The van der Waals surface area contributed by atoms with Gasteiger partial charge in [0.1, 0.15) is 24.0 Å². The van der Waals surface area contributed by atoms with E-state index in [2.05, 4.69) is 43.0 Å². The third-order valence-corrected chi connectivity index (χ3v) is 4.52. The number of hydrogen-bond donors (Lipinski definition) is 0. The Hall–Kier alpha value is -2.62. The molecule has 4 heteroatoms. The standard InChI is InChI=1S/C22H25FN2O/c1-4-25(5-2)19-12-9-17(10-13-19)20-14-11-18-7-6-8-21(22(18)24-20)26-16(3)15-23/h6-14,16H,4-5,15H2,1-3H3. The van der Waals surface area contributed by atoms with Gasteiger partial charge in [-0.05, 0) is 45.0 Å². The van der Waals surface area contributed by atoms with Crippen LogP contribution in [0.1, 0.15) is 20.8 Å². The first-order valence-corrected chi connectivity index (χ1v) is 9.14. The molecular weight excluding hydrogens is 327 g/mol. The number of ether oxygens (including phenoxy) is 1. The number of fused-ring (bicyclic) bond motifs is 1. The van der Waals surface area contributed by atoms with Gasteiger partial charge >= 0.3 is 0 Å². The first kappa shape index (κ1) is 18.2. The van der Waals surface area contributed by atoms with Crippen molar-refractivity contribution in [2.75, 3.05) is 24.7 Å². The lowest BCUT2D eigenvalue weighted by molar-refractivity contribution is 0.184. The van der Waals surface area contributed by atoms with E-state index in [1.54, 1.807) is 6.92 Å². The smallest absolute Gasteiger partial charge is 0.146 e. The first-order chi connectivity index (χ1) is 12.7. The average molecular weight is 352 g/mol. The molecule has 0 fully saturated rings. The zero-order chi connectivity index (χ0) is 18.5. The lowest BCUT2D eigenvalue weighted by atomic mass is 10.1. The Morgan fingerprint density at radius 1 is 1.00 bits per heavy atom. The molecule has 1 aromatic heterocycles. The first-order valence-electron chi connectivity index (χ1n) is 9.14. The molecule has 0 saturated carbocycles. The summed E-state index contributed by atoms with van der Waals surface area (Å²) in [5.41, 5.74) is 3.90. The second kappa shape index (κ2) is 8.17. The van der Waals surface area contributed by atoms with E-state index in [9.17, 15) is 4.39 Å². The summed E-state index contributed by atoms with van der Waals surface area (Å²) in [5, 5.41) is 0.983. The number of pyridine rings is 1. The van der Waals surface area contributed by atoms with Gasteiger partial charge in [-0.2, -0.15) is 0 Å². The largest absolute Gasteiger partial charge is 0.486 e. The van der Waals surface area contributed by atoms with Gasteiger partial charge < -0.3 is 9.64 Å². The van der Waals surface area contributed by atoms with E-state index in [-0.39, 0.29) is 0 Å². The second-order valence-electron chi connectivity index (χ2n) is 6.33. The van der Waals surface area contributed by atoms with Crippen LogP contribution in [0.3, 0.4) is 0 Å². The van der Waals surface area contributed by atoms with Crippen molar-refractivity contribution in [2.24, 2.45) is 0 Å². The highest BCUT2D eigenvalue weighted by molar-refractivity contribution is 5.86. The SMILES string of the molecule is CCN(CC)c1ccc(-c2ccc3cccc(OC(C)CF)c3n2)cc1. The number of nitrogens with zero attached hydrogens (tertiary/aromatic N) is 2. The van der Waals surface area contributed by atoms with E-state index in [1.807, 2.05) is 30.3 Å². The molecule has 0 spiro atoms. The molecule has 3 nitrogen and oxygen atoms in total. The lowest BCUT2D eigenvalue weighted by Crippen LogP contribution is -2.21. The highest BCUT2D eigenvalue weighted by atomic mass is 19.1. The summed E-state index contributed by atoms with van der Waals surface area (Å²) in [6, 6.07) is 18.2. The van der Waals surface area contributed by atoms with E-state index >= 15 is 0 Å². The van der Waals surface area contributed by atoms with Gasteiger partial charge in [0, 0.05) is 29.7 Å². The number of anilines is 1. The summed E-state index contributed by atoms with van der Waals surface area (Å²) in [6.45, 7) is 7.47. The molecule has 0 amide bonds.